The lowest BCUT2D eigenvalue weighted by Gasteiger charge is -2.01. The first-order valence-corrected chi connectivity index (χ1v) is 7.45. The van der Waals surface area contributed by atoms with Crippen molar-refractivity contribution in [1.29, 1.82) is 0 Å². The predicted molar refractivity (Wildman–Crippen MR) is 91.6 cm³/mol. The minimum absolute atomic E-state index is 0.220. The molecular weight excluding hydrogens is 322 g/mol. The fourth-order valence-corrected chi connectivity index (χ4v) is 2.39. The van der Waals surface area contributed by atoms with Crippen LogP contribution in [0.15, 0.2) is 59.0 Å². The first kappa shape index (κ1) is 16.5. The topological polar surface area (TPSA) is 88.8 Å². The van der Waals surface area contributed by atoms with Crippen LogP contribution < -0.4 is 10.2 Å². The van der Waals surface area contributed by atoms with E-state index in [1.54, 1.807) is 54.6 Å². The molecule has 1 aromatic heterocycles. The number of ether oxygens (including phenoxy) is 1. The number of carbonyl (C=O) groups is 2. The normalized spacial score (nSPS) is 11.0. The maximum Gasteiger partial charge on any atom is 0.267 e. The lowest BCUT2D eigenvalue weighted by atomic mass is 10.1. The van der Waals surface area contributed by atoms with Gasteiger partial charge in [0.25, 0.3) is 5.91 Å². The Kier molecular flexibility index (Phi) is 4.63. The molecule has 0 aliphatic rings. The average Bonchev–Trinajstić information content (AvgIpc) is 3.08. The third kappa shape index (κ3) is 3.59. The van der Waals surface area contributed by atoms with Crippen LogP contribution in [0.25, 0.3) is 17.0 Å². The Morgan fingerprint density at radius 3 is 2.76 bits per heavy atom. The van der Waals surface area contributed by atoms with Gasteiger partial charge in [-0.15, -0.1) is 0 Å². The molecule has 2 aromatic carbocycles. The third-order valence-electron chi connectivity index (χ3n) is 3.63. The second-order valence-corrected chi connectivity index (χ2v) is 5.28. The van der Waals surface area contributed by atoms with Gasteiger partial charge in [0.15, 0.2) is 5.76 Å². The molecule has 1 heterocycles. The molecule has 0 spiro atoms. The highest BCUT2D eigenvalue weighted by Crippen LogP contribution is 2.24. The van der Waals surface area contributed by atoms with Crippen molar-refractivity contribution in [3.8, 4) is 5.75 Å². The van der Waals surface area contributed by atoms with Crippen LogP contribution in [-0.2, 0) is 4.79 Å². The molecule has 0 fully saturated rings. The van der Waals surface area contributed by atoms with E-state index in [1.807, 2.05) is 0 Å². The predicted octanol–water partition coefficient (Wildman–Crippen LogP) is 3.19. The number of fused-ring (bicyclic) bond motifs is 1. The number of carbonyl (C=O) groups excluding carboxylic acids is 2. The van der Waals surface area contributed by atoms with Crippen LogP contribution in [0.5, 0.6) is 5.75 Å². The summed E-state index contributed by atoms with van der Waals surface area (Å²) < 4.78 is 10.8. The summed E-state index contributed by atoms with van der Waals surface area (Å²) in [5.74, 6) is -0.0536. The molecule has 0 unspecified atom stereocenters. The van der Waals surface area contributed by atoms with Gasteiger partial charge in [-0.2, -0.15) is 0 Å². The monoisotopic (exact) mass is 337 g/mol. The van der Waals surface area contributed by atoms with E-state index in [2.05, 4.69) is 0 Å². The Hall–Kier alpha value is -3.38. The highest BCUT2D eigenvalue weighted by molar-refractivity contribution is 6.09. The standard InChI is InChI=1S/C19H15NO5/c1-24-15-4-2-3-13(10-15)19(22)17-11-14-9-12(5-7-16(14)25-17)6-8-18(21)20-23/h2-11,23H,1H3,(H,20,21)/b8-6+. The number of ketones is 1. The molecular formula is C19H15NO5. The Bertz CT molecular complexity index is 971. The number of hydrogen-bond donors (Lipinski definition) is 2. The molecule has 6 nitrogen and oxygen atoms in total. The van der Waals surface area contributed by atoms with Gasteiger partial charge in [0, 0.05) is 17.0 Å². The zero-order chi connectivity index (χ0) is 17.8. The van der Waals surface area contributed by atoms with Gasteiger partial charge in [-0.3, -0.25) is 14.8 Å². The molecule has 6 heteroatoms. The summed E-state index contributed by atoms with van der Waals surface area (Å²) in [5, 5.41) is 9.22. The van der Waals surface area contributed by atoms with Gasteiger partial charge in [-0.25, -0.2) is 5.48 Å². The summed E-state index contributed by atoms with van der Waals surface area (Å²) in [7, 11) is 1.54. The Balaban J connectivity index is 1.91. The van der Waals surface area contributed by atoms with E-state index in [4.69, 9.17) is 14.4 Å². The van der Waals surface area contributed by atoms with E-state index >= 15 is 0 Å². The smallest absolute Gasteiger partial charge is 0.267 e. The van der Waals surface area contributed by atoms with Crippen LogP contribution >= 0.6 is 0 Å². The Morgan fingerprint density at radius 2 is 2.00 bits per heavy atom. The van der Waals surface area contributed by atoms with Crippen LogP contribution in [0.1, 0.15) is 21.7 Å². The molecule has 126 valence electrons. The quantitative estimate of drug-likeness (QED) is 0.323. The van der Waals surface area contributed by atoms with Crippen LogP contribution in [-0.4, -0.2) is 24.0 Å². The number of nitrogens with one attached hydrogen (secondary N) is 1. The summed E-state index contributed by atoms with van der Waals surface area (Å²) in [6.07, 6.45) is 2.74. The van der Waals surface area contributed by atoms with Gasteiger partial charge in [-0.05, 0) is 42.0 Å². The SMILES string of the molecule is COc1cccc(C(=O)c2cc3cc(/C=C/C(=O)NO)ccc3o2)c1. The fraction of sp³-hybridized carbons (Fsp3) is 0.0526. The molecule has 0 radical (unpaired) electrons. The van der Waals surface area contributed by atoms with Crippen molar-refractivity contribution < 1.29 is 24.0 Å². The number of hydroxylamine groups is 1. The van der Waals surface area contributed by atoms with Gasteiger partial charge in [-0.1, -0.05) is 18.2 Å². The first-order chi connectivity index (χ1) is 12.1. The maximum absolute atomic E-state index is 12.6. The number of hydrogen-bond acceptors (Lipinski definition) is 5. The second kappa shape index (κ2) is 7.02. The van der Waals surface area contributed by atoms with Crippen LogP contribution in [0.3, 0.4) is 0 Å². The molecule has 0 aliphatic heterocycles. The van der Waals surface area contributed by atoms with Crippen molar-refractivity contribution in [2.24, 2.45) is 0 Å². The minimum atomic E-state index is -0.624. The van der Waals surface area contributed by atoms with Gasteiger partial charge in [0.1, 0.15) is 11.3 Å². The van der Waals surface area contributed by atoms with Crippen molar-refractivity contribution >= 4 is 28.7 Å². The average molecular weight is 337 g/mol. The Morgan fingerprint density at radius 1 is 1.16 bits per heavy atom. The van der Waals surface area contributed by atoms with Gasteiger partial charge >= 0.3 is 0 Å². The highest BCUT2D eigenvalue weighted by atomic mass is 16.5. The molecule has 0 atom stereocenters. The number of amides is 1. The number of benzene rings is 2. The lowest BCUT2D eigenvalue weighted by Crippen LogP contribution is -2.14. The van der Waals surface area contributed by atoms with Gasteiger partial charge < -0.3 is 9.15 Å². The van der Waals surface area contributed by atoms with Crippen molar-refractivity contribution in [1.82, 2.24) is 5.48 Å². The number of methoxy groups -OCH3 is 1. The van der Waals surface area contributed by atoms with E-state index in [0.29, 0.717) is 16.9 Å². The zero-order valence-electron chi connectivity index (χ0n) is 13.4. The van der Waals surface area contributed by atoms with Gasteiger partial charge in [0.05, 0.1) is 7.11 Å². The third-order valence-corrected chi connectivity index (χ3v) is 3.63. The summed E-state index contributed by atoms with van der Waals surface area (Å²) >= 11 is 0. The summed E-state index contributed by atoms with van der Waals surface area (Å²) in [5.41, 5.74) is 3.29. The first-order valence-electron chi connectivity index (χ1n) is 7.45. The summed E-state index contributed by atoms with van der Waals surface area (Å²) in [6, 6.07) is 13.7. The number of rotatable bonds is 5. The van der Waals surface area contributed by atoms with E-state index in [0.717, 1.165) is 10.9 Å². The van der Waals surface area contributed by atoms with Gasteiger partial charge in [0.2, 0.25) is 5.78 Å². The lowest BCUT2D eigenvalue weighted by molar-refractivity contribution is -0.124. The van der Waals surface area contributed by atoms with Crippen molar-refractivity contribution in [2.75, 3.05) is 7.11 Å². The maximum atomic E-state index is 12.6. The van der Waals surface area contributed by atoms with Crippen molar-refractivity contribution in [3.05, 3.63) is 71.5 Å². The molecule has 3 rings (SSSR count). The van der Waals surface area contributed by atoms with E-state index in [-0.39, 0.29) is 11.5 Å². The van der Waals surface area contributed by atoms with E-state index in [1.165, 1.54) is 18.7 Å². The van der Waals surface area contributed by atoms with E-state index in [9.17, 15) is 9.59 Å². The van der Waals surface area contributed by atoms with Crippen LogP contribution in [0.2, 0.25) is 0 Å². The van der Waals surface area contributed by atoms with Crippen LogP contribution in [0.4, 0.5) is 0 Å². The van der Waals surface area contributed by atoms with Crippen LogP contribution in [0, 0.1) is 0 Å². The Labute approximate surface area is 143 Å². The highest BCUT2D eigenvalue weighted by Gasteiger charge is 2.15. The zero-order valence-corrected chi connectivity index (χ0v) is 13.4. The molecule has 25 heavy (non-hydrogen) atoms. The number of furan rings is 1. The summed E-state index contributed by atoms with van der Waals surface area (Å²) in [6.45, 7) is 0. The fourth-order valence-electron chi connectivity index (χ4n) is 2.39. The van der Waals surface area contributed by atoms with Crippen molar-refractivity contribution in [3.63, 3.8) is 0 Å². The second-order valence-electron chi connectivity index (χ2n) is 5.28. The molecule has 3 aromatic rings. The minimum Gasteiger partial charge on any atom is -0.497 e. The molecule has 0 bridgehead atoms. The molecule has 0 saturated carbocycles. The van der Waals surface area contributed by atoms with E-state index < -0.39 is 5.91 Å². The molecule has 0 saturated heterocycles. The molecule has 0 aliphatic carbocycles. The molecule has 1 amide bonds. The van der Waals surface area contributed by atoms with Crippen molar-refractivity contribution in [2.45, 2.75) is 0 Å². The molecule has 2 N–H and O–H groups in total. The largest absolute Gasteiger partial charge is 0.497 e. The summed E-state index contributed by atoms with van der Waals surface area (Å²) in [4.78, 5) is 23.6.